The minimum Gasteiger partial charge on any atom is -0.384 e. The summed E-state index contributed by atoms with van der Waals surface area (Å²) in [6.07, 6.45) is 3.70. The zero-order valence-electron chi connectivity index (χ0n) is 18.0. The normalized spacial score (nSPS) is 11.6. The highest BCUT2D eigenvalue weighted by atomic mass is 15.3. The number of hydrogen-bond acceptors (Lipinski definition) is 4. The predicted molar refractivity (Wildman–Crippen MR) is 122 cm³/mol. The first-order chi connectivity index (χ1) is 13.9. The summed E-state index contributed by atoms with van der Waals surface area (Å²) in [6, 6.07) is 18.8. The van der Waals surface area contributed by atoms with Crippen LogP contribution in [0.2, 0.25) is 0 Å². The van der Waals surface area contributed by atoms with Gasteiger partial charge in [-0.1, -0.05) is 18.2 Å². The van der Waals surface area contributed by atoms with Crippen LogP contribution in [-0.4, -0.2) is 49.1 Å². The molecule has 3 rings (SSSR count). The second-order valence-corrected chi connectivity index (χ2v) is 8.29. The molecule has 0 saturated carbocycles. The Bertz CT molecular complexity index is 847. The zero-order chi connectivity index (χ0) is 20.7. The van der Waals surface area contributed by atoms with E-state index < -0.39 is 0 Å². The van der Waals surface area contributed by atoms with Gasteiger partial charge in [-0.2, -0.15) is 0 Å². The van der Waals surface area contributed by atoms with Crippen LogP contribution in [0.15, 0.2) is 67.0 Å². The Morgan fingerprint density at radius 2 is 1.48 bits per heavy atom. The summed E-state index contributed by atoms with van der Waals surface area (Å²) in [4.78, 5) is 11.4. The fourth-order valence-corrected chi connectivity index (χ4v) is 3.46. The number of nitrogens with zero attached hydrogens (tertiary/aromatic N) is 4. The first-order valence-electron chi connectivity index (χ1n) is 10.1. The Morgan fingerprint density at radius 1 is 0.862 bits per heavy atom. The van der Waals surface area contributed by atoms with Gasteiger partial charge < -0.3 is 5.32 Å². The minimum absolute atomic E-state index is 0.803. The van der Waals surface area contributed by atoms with E-state index in [1.807, 2.05) is 36.7 Å². The Kier molecular flexibility index (Phi) is 6.96. The van der Waals surface area contributed by atoms with Crippen LogP contribution in [0, 0.1) is 6.92 Å². The molecule has 1 aromatic carbocycles. The molecule has 0 amide bonds. The second kappa shape index (κ2) is 9.63. The number of aryl methyl sites for hydroxylation is 1. The van der Waals surface area contributed by atoms with Gasteiger partial charge in [-0.3, -0.25) is 19.4 Å². The number of pyridine rings is 2. The first kappa shape index (κ1) is 21.0. The predicted octanol–water partition coefficient (Wildman–Crippen LogP) is 4.10. The molecule has 0 radical (unpaired) electrons. The minimum atomic E-state index is 0.803. The summed E-state index contributed by atoms with van der Waals surface area (Å²) < 4.78 is 0.812. The number of quaternary nitrogens is 1. The molecule has 0 aliphatic carbocycles. The monoisotopic (exact) mass is 390 g/mol. The molecule has 0 bridgehead atoms. The first-order valence-corrected chi connectivity index (χ1v) is 10.1. The molecule has 0 aliphatic heterocycles. The van der Waals surface area contributed by atoms with E-state index in [1.165, 1.54) is 11.3 Å². The van der Waals surface area contributed by atoms with Gasteiger partial charge in [0.05, 0.1) is 32.5 Å². The van der Waals surface area contributed by atoms with Gasteiger partial charge in [0.25, 0.3) is 0 Å². The largest absolute Gasteiger partial charge is 0.384 e. The summed E-state index contributed by atoms with van der Waals surface area (Å²) in [5.41, 5.74) is 5.95. The fraction of sp³-hybridized carbons (Fsp3) is 0.333. The van der Waals surface area contributed by atoms with E-state index in [0.717, 1.165) is 47.7 Å². The summed E-state index contributed by atoms with van der Waals surface area (Å²) >= 11 is 0. The van der Waals surface area contributed by atoms with E-state index in [1.54, 1.807) is 0 Å². The van der Waals surface area contributed by atoms with Crippen molar-refractivity contribution in [2.75, 3.05) is 39.5 Å². The molecule has 2 heterocycles. The number of hydrogen-bond donors (Lipinski definition) is 1. The van der Waals surface area contributed by atoms with Crippen molar-refractivity contribution >= 4 is 11.4 Å². The van der Waals surface area contributed by atoms with Gasteiger partial charge in [-0.15, -0.1) is 0 Å². The maximum absolute atomic E-state index is 4.49. The van der Waals surface area contributed by atoms with Gasteiger partial charge in [-0.05, 0) is 37.3 Å². The van der Waals surface area contributed by atoms with Gasteiger partial charge in [0.2, 0.25) is 0 Å². The molecule has 3 aromatic rings. The van der Waals surface area contributed by atoms with E-state index >= 15 is 0 Å². The summed E-state index contributed by atoms with van der Waals surface area (Å²) in [5, 5.41) is 3.59. The molecule has 2 aromatic heterocycles. The van der Waals surface area contributed by atoms with Crippen molar-refractivity contribution in [3.05, 3.63) is 83.9 Å². The molecule has 5 nitrogen and oxygen atoms in total. The Morgan fingerprint density at radius 3 is 2.00 bits per heavy atom. The third-order valence-corrected chi connectivity index (χ3v) is 4.91. The Labute approximate surface area is 174 Å². The van der Waals surface area contributed by atoms with Gasteiger partial charge >= 0.3 is 0 Å². The third kappa shape index (κ3) is 6.38. The summed E-state index contributed by atoms with van der Waals surface area (Å²) in [6.45, 7) is 5.54. The maximum atomic E-state index is 4.49. The van der Waals surface area contributed by atoms with Crippen LogP contribution in [0.5, 0.6) is 0 Å². The number of benzene rings is 1. The second-order valence-electron chi connectivity index (χ2n) is 8.29. The average Bonchev–Trinajstić information content (AvgIpc) is 2.70. The van der Waals surface area contributed by atoms with Crippen LogP contribution in [0.25, 0.3) is 0 Å². The van der Waals surface area contributed by atoms with Gasteiger partial charge in [0.1, 0.15) is 5.69 Å². The van der Waals surface area contributed by atoms with E-state index in [0.29, 0.717) is 0 Å². The van der Waals surface area contributed by atoms with E-state index in [-0.39, 0.29) is 0 Å². The SMILES string of the molecule is Cc1ccc(NCCN(Cc2ccccn2)Cc2ccccn2)cc1[N+](C)(C)C. The van der Waals surface area contributed by atoms with Crippen LogP contribution < -0.4 is 9.80 Å². The van der Waals surface area contributed by atoms with Crippen molar-refractivity contribution in [2.45, 2.75) is 20.0 Å². The van der Waals surface area contributed by atoms with Crippen molar-refractivity contribution in [3.8, 4) is 0 Å². The lowest BCUT2D eigenvalue weighted by Crippen LogP contribution is -2.35. The number of anilines is 1. The van der Waals surface area contributed by atoms with Crippen LogP contribution in [0.1, 0.15) is 17.0 Å². The maximum Gasteiger partial charge on any atom is 0.137 e. The van der Waals surface area contributed by atoms with Gasteiger partial charge in [-0.25, -0.2) is 0 Å². The van der Waals surface area contributed by atoms with Crippen molar-refractivity contribution in [1.29, 1.82) is 0 Å². The molecular weight excluding hydrogens is 358 g/mol. The highest BCUT2D eigenvalue weighted by Gasteiger charge is 2.16. The molecule has 1 N–H and O–H groups in total. The number of rotatable bonds is 9. The summed E-state index contributed by atoms with van der Waals surface area (Å²) in [5.74, 6) is 0. The molecule has 0 unspecified atom stereocenters. The lowest BCUT2D eigenvalue weighted by molar-refractivity contribution is 0.261. The van der Waals surface area contributed by atoms with Crippen molar-refractivity contribution in [1.82, 2.24) is 19.4 Å². The van der Waals surface area contributed by atoms with Crippen LogP contribution in [0.3, 0.4) is 0 Å². The Hall–Kier alpha value is -2.76. The highest BCUT2D eigenvalue weighted by molar-refractivity contribution is 5.59. The van der Waals surface area contributed by atoms with Crippen molar-refractivity contribution in [3.63, 3.8) is 0 Å². The van der Waals surface area contributed by atoms with Gasteiger partial charge in [0.15, 0.2) is 0 Å². The standard InChI is InChI=1S/C24H32N5/c1-20-11-12-21(17-24(20)29(2,3)4)27-15-16-28(18-22-9-5-7-13-25-22)19-23-10-6-8-14-26-23/h5-14,17,27H,15-16,18-19H2,1-4H3/q+1. The molecule has 0 atom stereocenters. The molecule has 5 heteroatoms. The summed E-state index contributed by atoms with van der Waals surface area (Å²) in [7, 11) is 6.61. The third-order valence-electron chi connectivity index (χ3n) is 4.91. The smallest absolute Gasteiger partial charge is 0.137 e. The van der Waals surface area contributed by atoms with Crippen molar-refractivity contribution < 1.29 is 0 Å². The quantitative estimate of drug-likeness (QED) is 0.559. The van der Waals surface area contributed by atoms with Crippen LogP contribution in [0.4, 0.5) is 11.4 Å². The molecule has 0 saturated heterocycles. The highest BCUT2D eigenvalue weighted by Crippen LogP contribution is 2.26. The topological polar surface area (TPSA) is 41.0 Å². The lowest BCUT2D eigenvalue weighted by atomic mass is 10.1. The molecular formula is C24H32N5+. The molecule has 152 valence electrons. The number of aromatic nitrogens is 2. The molecule has 0 fully saturated rings. The molecule has 0 spiro atoms. The van der Waals surface area contributed by atoms with E-state index in [9.17, 15) is 0 Å². The van der Waals surface area contributed by atoms with E-state index in [4.69, 9.17) is 0 Å². The van der Waals surface area contributed by atoms with Crippen LogP contribution >= 0.6 is 0 Å². The van der Waals surface area contributed by atoms with Gasteiger partial charge in [0, 0.05) is 55.9 Å². The zero-order valence-corrected chi connectivity index (χ0v) is 18.0. The van der Waals surface area contributed by atoms with E-state index in [2.05, 4.69) is 78.6 Å². The fourth-order valence-electron chi connectivity index (χ4n) is 3.46. The van der Waals surface area contributed by atoms with Crippen molar-refractivity contribution in [2.24, 2.45) is 0 Å². The Balaban J connectivity index is 1.65. The molecule has 0 aliphatic rings. The van der Waals surface area contributed by atoms with Crippen LogP contribution in [-0.2, 0) is 13.1 Å². The lowest BCUT2D eigenvalue weighted by Gasteiger charge is -2.26. The average molecular weight is 391 g/mol. The number of nitrogens with one attached hydrogen (secondary N) is 1. The molecule has 29 heavy (non-hydrogen) atoms.